The van der Waals surface area contributed by atoms with Crippen LogP contribution in [0, 0.1) is 46.8 Å². The van der Waals surface area contributed by atoms with Crippen molar-refractivity contribution >= 4 is 67.8 Å². The molecule has 0 saturated heterocycles. The van der Waals surface area contributed by atoms with Crippen molar-refractivity contribution in [2.75, 3.05) is 4.43 Å². The van der Waals surface area contributed by atoms with Crippen molar-refractivity contribution in [2.45, 2.75) is 20.7 Å². The van der Waals surface area contributed by atoms with Gasteiger partial charge in [-0.05, 0) is 59.7 Å². The lowest BCUT2D eigenvalue weighted by Crippen LogP contribution is -2.40. The Kier molecular flexibility index (Phi) is 2.11. The molecule has 6 aliphatic carbocycles. The lowest BCUT2D eigenvalue weighted by molar-refractivity contribution is 0.0549. The number of hydrogen-bond acceptors (Lipinski definition) is 0. The van der Waals surface area contributed by atoms with E-state index < -0.39 is 0 Å². The first-order chi connectivity index (χ1) is 7.73. The van der Waals surface area contributed by atoms with E-state index >= 15 is 0 Å². The fourth-order valence-corrected chi connectivity index (χ4v) is 12.6. The molecule has 10 atom stereocenters. The van der Waals surface area contributed by atoms with Crippen LogP contribution in [0.5, 0.6) is 0 Å². The zero-order chi connectivity index (χ0) is 10.8. The van der Waals surface area contributed by atoms with Crippen LogP contribution in [-0.4, -0.2) is 12.3 Å². The zero-order valence-corrected chi connectivity index (χ0v) is 15.4. The standard InChI is InChI=1S/C13H15I3/c14-2-1-13-9-5-3-4-6(7(5)12(13)16)10(13)11(15)8(4)9/h4-12H,1-3H2/t4-,5-,6-,7+,8+,9+,10-,11+,12+,13+/m0/s1. The van der Waals surface area contributed by atoms with Crippen LogP contribution in [0.2, 0.25) is 0 Å². The molecule has 3 heteroatoms. The van der Waals surface area contributed by atoms with Crippen LogP contribution in [-0.2, 0) is 0 Å². The SMILES string of the molecule is ICC[C@@]12[C@@H]3[C@H](I)[C@@H]4[C@H]5C[C@@H]([C@H]([C@H]53)[C@H]1I)[C@H]42. The molecule has 0 aliphatic heterocycles. The van der Waals surface area contributed by atoms with Gasteiger partial charge in [-0.2, -0.15) is 0 Å². The van der Waals surface area contributed by atoms with Gasteiger partial charge in [0, 0.05) is 12.3 Å². The smallest absolute Gasteiger partial charge is 0.0206 e. The van der Waals surface area contributed by atoms with E-state index in [-0.39, 0.29) is 0 Å². The van der Waals surface area contributed by atoms with Gasteiger partial charge in [0.25, 0.3) is 0 Å². The van der Waals surface area contributed by atoms with Crippen LogP contribution in [0.1, 0.15) is 12.8 Å². The Morgan fingerprint density at radius 1 is 1.00 bits per heavy atom. The number of rotatable bonds is 2. The summed E-state index contributed by atoms with van der Waals surface area (Å²) < 4.78 is 3.52. The topological polar surface area (TPSA) is 0 Å². The maximum Gasteiger partial charge on any atom is 0.0206 e. The minimum absolute atomic E-state index is 0.825. The van der Waals surface area contributed by atoms with Crippen molar-refractivity contribution in [1.29, 1.82) is 0 Å². The van der Waals surface area contributed by atoms with Crippen LogP contribution in [0.4, 0.5) is 0 Å². The summed E-state index contributed by atoms with van der Waals surface area (Å²) >= 11 is 8.37. The van der Waals surface area contributed by atoms with E-state index in [1.54, 1.807) is 12.8 Å². The average Bonchev–Trinajstić information content (AvgIpc) is 2.95. The molecule has 6 saturated carbocycles. The van der Waals surface area contributed by atoms with Crippen LogP contribution in [0.15, 0.2) is 0 Å². The largest absolute Gasteiger partial charge is 0.0864 e. The third-order valence-corrected chi connectivity index (χ3v) is 11.2. The van der Waals surface area contributed by atoms with Gasteiger partial charge in [0.2, 0.25) is 0 Å². The molecule has 0 heterocycles. The van der Waals surface area contributed by atoms with Crippen molar-refractivity contribution in [3.05, 3.63) is 0 Å². The predicted octanol–water partition coefficient (Wildman–Crippen LogP) is 4.18. The highest BCUT2D eigenvalue weighted by Gasteiger charge is 2.87. The van der Waals surface area contributed by atoms with Crippen molar-refractivity contribution in [3.63, 3.8) is 0 Å². The van der Waals surface area contributed by atoms with Gasteiger partial charge < -0.3 is 0 Å². The first-order valence-electron chi connectivity index (χ1n) is 6.57. The Morgan fingerprint density at radius 2 is 1.81 bits per heavy atom. The molecule has 6 rings (SSSR count). The van der Waals surface area contributed by atoms with E-state index in [0.717, 1.165) is 19.2 Å². The van der Waals surface area contributed by atoms with Crippen molar-refractivity contribution in [2.24, 2.45) is 46.8 Å². The summed E-state index contributed by atoms with van der Waals surface area (Å²) in [4.78, 5) is 0. The minimum Gasteiger partial charge on any atom is -0.0864 e. The van der Waals surface area contributed by atoms with Crippen LogP contribution < -0.4 is 0 Å². The molecule has 0 aromatic heterocycles. The van der Waals surface area contributed by atoms with Gasteiger partial charge in [-0.3, -0.25) is 0 Å². The lowest BCUT2D eigenvalue weighted by Gasteiger charge is -2.42. The van der Waals surface area contributed by atoms with Crippen LogP contribution >= 0.6 is 67.8 Å². The summed E-state index contributed by atoms with van der Waals surface area (Å²) in [5.74, 6) is 8.21. The Labute approximate surface area is 138 Å². The van der Waals surface area contributed by atoms with E-state index in [9.17, 15) is 0 Å². The summed E-state index contributed by atoms with van der Waals surface area (Å²) in [6.45, 7) is 0. The van der Waals surface area contributed by atoms with Gasteiger partial charge in [0.1, 0.15) is 0 Å². The third kappa shape index (κ3) is 0.803. The summed E-state index contributed by atoms with van der Waals surface area (Å²) in [7, 11) is 0. The summed E-state index contributed by atoms with van der Waals surface area (Å²) in [6.07, 6.45) is 3.19. The van der Waals surface area contributed by atoms with E-state index in [4.69, 9.17) is 0 Å². The fourth-order valence-electron chi connectivity index (χ4n) is 7.35. The normalized spacial score (nSPS) is 76.3. The summed E-state index contributed by atoms with van der Waals surface area (Å²) in [5, 5.41) is 0. The molecule has 0 spiro atoms. The molecule has 0 aromatic rings. The molecular formula is C13H15I3. The van der Waals surface area contributed by atoms with Gasteiger partial charge >= 0.3 is 0 Å². The fraction of sp³-hybridized carbons (Fsp3) is 1.00. The van der Waals surface area contributed by atoms with Crippen molar-refractivity contribution < 1.29 is 0 Å². The van der Waals surface area contributed by atoms with Crippen LogP contribution in [0.3, 0.4) is 0 Å². The number of alkyl halides is 3. The Bertz CT molecular complexity index is 379. The summed E-state index contributed by atoms with van der Waals surface area (Å²) in [6, 6.07) is 0. The quantitative estimate of drug-likeness (QED) is 0.357. The molecule has 16 heavy (non-hydrogen) atoms. The highest BCUT2D eigenvalue weighted by atomic mass is 127. The van der Waals surface area contributed by atoms with Crippen molar-refractivity contribution in [3.8, 4) is 0 Å². The monoisotopic (exact) mass is 552 g/mol. The minimum atomic E-state index is 0.825. The first-order valence-corrected chi connectivity index (χ1v) is 10.6. The van der Waals surface area contributed by atoms with Gasteiger partial charge in [-0.25, -0.2) is 0 Å². The Hall–Kier alpha value is 2.19. The van der Waals surface area contributed by atoms with Gasteiger partial charge in [0.05, 0.1) is 0 Å². The van der Waals surface area contributed by atoms with E-state index in [1.165, 1.54) is 39.9 Å². The van der Waals surface area contributed by atoms with Gasteiger partial charge in [0.15, 0.2) is 0 Å². The lowest BCUT2D eigenvalue weighted by atomic mass is 9.62. The molecule has 0 unspecified atom stereocenters. The zero-order valence-electron chi connectivity index (χ0n) is 8.95. The van der Waals surface area contributed by atoms with Crippen LogP contribution in [0.25, 0.3) is 0 Å². The average molecular weight is 552 g/mol. The number of halogens is 3. The van der Waals surface area contributed by atoms with E-state index in [1.807, 2.05) is 0 Å². The van der Waals surface area contributed by atoms with Gasteiger partial charge in [-0.1, -0.05) is 67.8 Å². The summed E-state index contributed by atoms with van der Waals surface area (Å²) in [5.41, 5.74) is 0.825. The molecule has 0 aromatic carbocycles. The maximum absolute atomic E-state index is 2.88. The molecule has 0 nitrogen and oxygen atoms in total. The Morgan fingerprint density at radius 3 is 2.56 bits per heavy atom. The highest BCUT2D eigenvalue weighted by molar-refractivity contribution is 14.1. The second-order valence-corrected chi connectivity index (χ2v) is 10.6. The van der Waals surface area contributed by atoms with E-state index in [2.05, 4.69) is 67.8 Å². The molecule has 0 radical (unpaired) electrons. The molecule has 88 valence electrons. The van der Waals surface area contributed by atoms with Gasteiger partial charge in [-0.15, -0.1) is 0 Å². The molecule has 6 aliphatic rings. The third-order valence-electron chi connectivity index (χ3n) is 7.09. The molecular weight excluding hydrogens is 537 g/mol. The molecule has 0 N–H and O–H groups in total. The Balaban J connectivity index is 1.76. The molecule has 6 bridgehead atoms. The van der Waals surface area contributed by atoms with Crippen molar-refractivity contribution in [1.82, 2.24) is 0 Å². The highest BCUT2D eigenvalue weighted by Crippen LogP contribution is 2.89. The molecule has 0 amide bonds. The maximum atomic E-state index is 2.88. The predicted molar refractivity (Wildman–Crippen MR) is 90.6 cm³/mol. The first kappa shape index (κ1) is 10.9. The second-order valence-electron chi connectivity index (χ2n) is 6.74. The number of hydrogen-bond donors (Lipinski definition) is 0. The second kappa shape index (κ2) is 3.09. The van der Waals surface area contributed by atoms with E-state index in [0.29, 0.717) is 0 Å². The molecule has 6 fully saturated rings.